The zero-order valence-electron chi connectivity index (χ0n) is 18.4. The largest absolute Gasteiger partial charge is 0.304 e. The van der Waals surface area contributed by atoms with Crippen molar-refractivity contribution in [1.82, 2.24) is 0 Å². The number of hydrogen-bond donors (Lipinski definition) is 0. The summed E-state index contributed by atoms with van der Waals surface area (Å²) in [5.74, 6) is -1.33. The normalized spacial score (nSPS) is 10.9. The average Bonchev–Trinajstić information content (AvgIpc) is 2.84. The van der Waals surface area contributed by atoms with Gasteiger partial charge in [0, 0.05) is 17.1 Å². The van der Waals surface area contributed by atoms with Gasteiger partial charge in [-0.15, -0.1) is 6.58 Å². The van der Waals surface area contributed by atoms with Crippen LogP contribution in [0.1, 0.15) is 16.8 Å². The molecular formula is C25H20Cl2FN3O3S. The van der Waals surface area contributed by atoms with E-state index in [0.717, 1.165) is 15.3 Å². The molecular weight excluding hydrogens is 512 g/mol. The van der Waals surface area contributed by atoms with Gasteiger partial charge in [-0.3, -0.25) is 9.10 Å². The number of para-hydroxylation sites is 1. The van der Waals surface area contributed by atoms with E-state index in [9.17, 15) is 17.6 Å². The van der Waals surface area contributed by atoms with Gasteiger partial charge in [0.2, 0.25) is 0 Å². The molecule has 0 N–H and O–H groups in total. The van der Waals surface area contributed by atoms with E-state index >= 15 is 0 Å². The molecule has 1 amide bonds. The third-order valence-electron chi connectivity index (χ3n) is 4.99. The Labute approximate surface area is 213 Å². The summed E-state index contributed by atoms with van der Waals surface area (Å²) in [7, 11) is -4.24. The number of carbonyl (C=O) groups is 1. The van der Waals surface area contributed by atoms with Gasteiger partial charge in [0.05, 0.1) is 35.4 Å². The molecule has 0 saturated heterocycles. The molecule has 3 aromatic carbocycles. The maximum Gasteiger partial charge on any atom is 0.266 e. The molecule has 180 valence electrons. The summed E-state index contributed by atoms with van der Waals surface area (Å²) in [6.07, 6.45) is 1.36. The van der Waals surface area contributed by atoms with Crippen molar-refractivity contribution >= 4 is 50.5 Å². The second kappa shape index (κ2) is 11.4. The Balaban J connectivity index is 2.08. The number of sulfonamides is 1. The van der Waals surface area contributed by atoms with Crippen molar-refractivity contribution in [2.75, 3.05) is 22.3 Å². The highest BCUT2D eigenvalue weighted by atomic mass is 35.5. The molecule has 10 heteroatoms. The molecule has 0 saturated carbocycles. The van der Waals surface area contributed by atoms with Crippen molar-refractivity contribution < 1.29 is 17.6 Å². The number of benzene rings is 3. The summed E-state index contributed by atoms with van der Waals surface area (Å²) < 4.78 is 42.7. The topological polar surface area (TPSA) is 81.5 Å². The SMILES string of the molecule is C=CCN(c1ccc(Cl)cc1)S(=O)(=O)c1cc(C(=O)N(CCC#N)c2ccccc2F)ccc1Cl. The Hall–Kier alpha value is -3.38. The quantitative estimate of drug-likeness (QED) is 0.313. The van der Waals surface area contributed by atoms with Crippen LogP contribution in [0.3, 0.4) is 0 Å². The van der Waals surface area contributed by atoms with Gasteiger partial charge in [0.15, 0.2) is 0 Å². The zero-order chi connectivity index (χ0) is 25.6. The highest BCUT2D eigenvalue weighted by molar-refractivity contribution is 7.93. The van der Waals surface area contributed by atoms with E-state index in [1.165, 1.54) is 48.5 Å². The van der Waals surface area contributed by atoms with Crippen LogP contribution < -0.4 is 9.21 Å². The number of carbonyl (C=O) groups excluding carboxylic acids is 1. The lowest BCUT2D eigenvalue weighted by atomic mass is 10.1. The molecule has 0 spiro atoms. The minimum atomic E-state index is -4.24. The molecule has 0 fully saturated rings. The highest BCUT2D eigenvalue weighted by Gasteiger charge is 2.29. The van der Waals surface area contributed by atoms with Gasteiger partial charge in [0.25, 0.3) is 15.9 Å². The van der Waals surface area contributed by atoms with Crippen molar-refractivity contribution in [1.29, 1.82) is 5.26 Å². The first-order chi connectivity index (χ1) is 16.7. The zero-order valence-corrected chi connectivity index (χ0v) is 20.7. The standard InChI is InChI=1S/C25H20Cl2FN3O3S/c1-2-15-31(20-11-9-19(26)10-12-20)35(33,34)24-17-18(8-13-21(24)27)25(32)30(16-5-14-29)23-7-4-3-6-22(23)28/h2-4,6-13,17H,1,5,15-16H2. The minimum absolute atomic E-state index is 0.0263. The summed E-state index contributed by atoms with van der Waals surface area (Å²) >= 11 is 12.2. The van der Waals surface area contributed by atoms with Crippen LogP contribution in [-0.2, 0) is 10.0 Å². The van der Waals surface area contributed by atoms with Gasteiger partial charge in [-0.1, -0.05) is 41.4 Å². The van der Waals surface area contributed by atoms with Crippen LogP contribution in [0, 0.1) is 17.1 Å². The molecule has 0 aromatic heterocycles. The number of halogens is 3. The van der Waals surface area contributed by atoms with Crippen LogP contribution >= 0.6 is 23.2 Å². The van der Waals surface area contributed by atoms with Gasteiger partial charge in [-0.2, -0.15) is 5.26 Å². The fourth-order valence-corrected chi connectivity index (χ4v) is 5.40. The maximum atomic E-state index is 14.5. The van der Waals surface area contributed by atoms with E-state index in [4.69, 9.17) is 28.5 Å². The minimum Gasteiger partial charge on any atom is -0.304 e. The fourth-order valence-electron chi connectivity index (χ4n) is 3.34. The molecule has 35 heavy (non-hydrogen) atoms. The third kappa shape index (κ3) is 5.82. The molecule has 0 unspecified atom stereocenters. The smallest absolute Gasteiger partial charge is 0.266 e. The second-order valence-corrected chi connectivity index (χ2v) is 9.94. The average molecular weight is 532 g/mol. The second-order valence-electron chi connectivity index (χ2n) is 7.26. The molecule has 6 nitrogen and oxygen atoms in total. The predicted molar refractivity (Wildman–Crippen MR) is 136 cm³/mol. The highest BCUT2D eigenvalue weighted by Crippen LogP contribution is 2.31. The lowest BCUT2D eigenvalue weighted by Crippen LogP contribution is -2.34. The molecule has 0 atom stereocenters. The molecule has 3 rings (SSSR count). The summed E-state index contributed by atoms with van der Waals surface area (Å²) in [5, 5.41) is 9.34. The number of hydrogen-bond acceptors (Lipinski definition) is 4. The van der Waals surface area contributed by atoms with Crippen LogP contribution in [0.15, 0.2) is 84.3 Å². The van der Waals surface area contributed by atoms with Crippen LogP contribution in [0.2, 0.25) is 10.0 Å². The predicted octanol–water partition coefficient (Wildman–Crippen LogP) is 6.07. The van der Waals surface area contributed by atoms with Gasteiger partial charge in [-0.05, 0) is 54.6 Å². The van der Waals surface area contributed by atoms with Crippen molar-refractivity contribution in [3.8, 4) is 6.07 Å². The van der Waals surface area contributed by atoms with Gasteiger partial charge in [0.1, 0.15) is 10.7 Å². The number of rotatable bonds is 9. The Kier molecular flexibility index (Phi) is 8.52. The Bertz CT molecular complexity index is 1390. The Morgan fingerprint density at radius 1 is 1.09 bits per heavy atom. The van der Waals surface area contributed by atoms with Crippen molar-refractivity contribution in [2.45, 2.75) is 11.3 Å². The first kappa shape index (κ1) is 26.2. The number of nitriles is 1. The third-order valence-corrected chi connectivity index (χ3v) is 7.52. The van der Waals surface area contributed by atoms with E-state index < -0.39 is 21.7 Å². The number of anilines is 2. The fraction of sp³-hybridized carbons (Fsp3) is 0.120. The monoisotopic (exact) mass is 531 g/mol. The van der Waals surface area contributed by atoms with E-state index in [0.29, 0.717) is 10.7 Å². The van der Waals surface area contributed by atoms with Crippen molar-refractivity contribution in [3.63, 3.8) is 0 Å². The molecule has 3 aromatic rings. The van der Waals surface area contributed by atoms with Crippen LogP contribution in [0.4, 0.5) is 15.8 Å². The molecule has 0 radical (unpaired) electrons. The lowest BCUT2D eigenvalue weighted by Gasteiger charge is -2.25. The summed E-state index contributed by atoms with van der Waals surface area (Å²) in [4.78, 5) is 14.2. The summed E-state index contributed by atoms with van der Waals surface area (Å²) in [6, 6.07) is 17.5. The van der Waals surface area contributed by atoms with Crippen LogP contribution in [0.25, 0.3) is 0 Å². The lowest BCUT2D eigenvalue weighted by molar-refractivity contribution is 0.0986. The molecule has 0 bridgehead atoms. The van der Waals surface area contributed by atoms with E-state index in [1.54, 1.807) is 18.2 Å². The van der Waals surface area contributed by atoms with E-state index in [1.807, 2.05) is 6.07 Å². The Morgan fingerprint density at radius 3 is 2.40 bits per heavy atom. The molecule has 0 heterocycles. The van der Waals surface area contributed by atoms with Gasteiger partial charge < -0.3 is 4.90 Å². The maximum absolute atomic E-state index is 14.5. The van der Waals surface area contributed by atoms with Gasteiger partial charge >= 0.3 is 0 Å². The van der Waals surface area contributed by atoms with Crippen LogP contribution in [-0.4, -0.2) is 27.4 Å². The number of nitrogens with zero attached hydrogens (tertiary/aromatic N) is 3. The van der Waals surface area contributed by atoms with Crippen molar-refractivity contribution in [3.05, 3.63) is 101 Å². The van der Waals surface area contributed by atoms with E-state index in [-0.39, 0.29) is 40.7 Å². The molecule has 0 aliphatic rings. The summed E-state index contributed by atoms with van der Waals surface area (Å²) in [5.41, 5.74) is 0.259. The van der Waals surface area contributed by atoms with Crippen molar-refractivity contribution in [2.24, 2.45) is 0 Å². The van der Waals surface area contributed by atoms with Crippen LogP contribution in [0.5, 0.6) is 0 Å². The summed E-state index contributed by atoms with van der Waals surface area (Å²) in [6.45, 7) is 3.47. The van der Waals surface area contributed by atoms with Gasteiger partial charge in [-0.25, -0.2) is 12.8 Å². The first-order valence-electron chi connectivity index (χ1n) is 10.3. The number of amides is 1. The van der Waals surface area contributed by atoms with E-state index in [2.05, 4.69) is 6.58 Å². The Morgan fingerprint density at radius 2 is 1.77 bits per heavy atom. The molecule has 0 aliphatic heterocycles. The molecule has 0 aliphatic carbocycles. The first-order valence-corrected chi connectivity index (χ1v) is 12.5.